The zero-order valence-corrected chi connectivity index (χ0v) is 18.3. The molecule has 0 aromatic carbocycles. The van der Waals surface area contributed by atoms with Crippen LogP contribution in [0, 0.1) is 5.92 Å². The van der Waals surface area contributed by atoms with Gasteiger partial charge in [0.25, 0.3) is 0 Å². The Morgan fingerprint density at radius 2 is 1.96 bits per heavy atom. The Bertz CT molecular complexity index is 695. The molecule has 2 aliphatic rings. The van der Waals surface area contributed by atoms with Crippen LogP contribution in [-0.2, 0) is 4.74 Å². The SMILES string of the molecule is C[Si](C)(C)CCOCN1CC(C(F)(F)F)c2c(NCC3CCC3)nc(Cl)nc21. The van der Waals surface area contributed by atoms with Crippen molar-refractivity contribution >= 4 is 31.3 Å². The van der Waals surface area contributed by atoms with Gasteiger partial charge in [-0.3, -0.25) is 0 Å². The summed E-state index contributed by atoms with van der Waals surface area (Å²) in [5.74, 6) is -0.736. The van der Waals surface area contributed by atoms with Crippen LogP contribution in [0.4, 0.5) is 24.8 Å². The Kier molecular flexibility index (Phi) is 6.46. The molecule has 10 heteroatoms. The lowest BCUT2D eigenvalue weighted by molar-refractivity contribution is -0.146. The number of nitrogens with one attached hydrogen (secondary N) is 1. The first kappa shape index (κ1) is 21.6. The maximum absolute atomic E-state index is 13.7. The van der Waals surface area contributed by atoms with Crippen LogP contribution in [0.5, 0.6) is 0 Å². The van der Waals surface area contributed by atoms with Crippen LogP contribution in [0.1, 0.15) is 30.7 Å². The molecule has 158 valence electrons. The molecule has 1 N–H and O–H groups in total. The molecule has 1 atom stereocenters. The standard InChI is InChI=1S/C18H28ClF3N4OSi/c1-28(2,3)8-7-27-11-26-10-13(18(20,21)22)14-15(23-9-12-5-4-6-12)24-17(19)25-16(14)26/h12-13H,4-11H2,1-3H3,(H,23,24,25). The maximum atomic E-state index is 13.7. The summed E-state index contributed by atoms with van der Waals surface area (Å²) in [5.41, 5.74) is 0.0880. The average molecular weight is 437 g/mol. The predicted molar refractivity (Wildman–Crippen MR) is 108 cm³/mol. The van der Waals surface area contributed by atoms with E-state index in [4.69, 9.17) is 16.3 Å². The molecule has 0 saturated heterocycles. The van der Waals surface area contributed by atoms with E-state index >= 15 is 0 Å². The summed E-state index contributed by atoms with van der Waals surface area (Å²) in [6.45, 7) is 7.68. The molecule has 1 saturated carbocycles. The van der Waals surface area contributed by atoms with Gasteiger partial charge < -0.3 is 15.0 Å². The first-order chi connectivity index (χ1) is 13.0. The van der Waals surface area contributed by atoms with Crippen molar-refractivity contribution in [3.63, 3.8) is 0 Å². The quantitative estimate of drug-likeness (QED) is 0.348. The zero-order chi connectivity index (χ0) is 20.5. The van der Waals surface area contributed by atoms with Gasteiger partial charge in [-0.25, -0.2) is 9.97 Å². The number of alkyl halides is 3. The van der Waals surface area contributed by atoms with E-state index in [2.05, 4.69) is 34.9 Å². The summed E-state index contributed by atoms with van der Waals surface area (Å²) >= 11 is 6.03. The van der Waals surface area contributed by atoms with Crippen LogP contribution < -0.4 is 10.2 Å². The fourth-order valence-electron chi connectivity index (χ4n) is 3.40. The van der Waals surface area contributed by atoms with E-state index in [1.807, 2.05) is 0 Å². The molecule has 1 aliphatic carbocycles. The van der Waals surface area contributed by atoms with Crippen molar-refractivity contribution in [3.05, 3.63) is 10.8 Å². The van der Waals surface area contributed by atoms with Gasteiger partial charge in [0.05, 0.1) is 5.56 Å². The topological polar surface area (TPSA) is 50.3 Å². The third kappa shape index (κ3) is 5.30. The third-order valence-electron chi connectivity index (χ3n) is 5.37. The minimum atomic E-state index is -4.38. The number of aromatic nitrogens is 2. The molecule has 0 bridgehead atoms. The van der Waals surface area contributed by atoms with E-state index < -0.39 is 20.2 Å². The Balaban J connectivity index is 1.78. The summed E-state index contributed by atoms with van der Waals surface area (Å²) in [4.78, 5) is 9.73. The molecule has 0 amide bonds. The second kappa shape index (κ2) is 8.35. The summed E-state index contributed by atoms with van der Waals surface area (Å²) in [7, 11) is -1.27. The fourth-order valence-corrected chi connectivity index (χ4v) is 4.32. The average Bonchev–Trinajstić information content (AvgIpc) is 2.88. The van der Waals surface area contributed by atoms with E-state index in [-0.39, 0.29) is 35.8 Å². The van der Waals surface area contributed by atoms with Gasteiger partial charge in [-0.2, -0.15) is 13.2 Å². The van der Waals surface area contributed by atoms with Crippen LogP contribution in [0.3, 0.4) is 0 Å². The molecule has 1 aliphatic heterocycles. The summed E-state index contributed by atoms with van der Waals surface area (Å²) in [6, 6.07) is 0.953. The highest BCUT2D eigenvalue weighted by Crippen LogP contribution is 2.47. The number of hydrogen-bond donors (Lipinski definition) is 1. The first-order valence-electron chi connectivity index (χ1n) is 9.75. The van der Waals surface area contributed by atoms with Gasteiger partial charge in [-0.15, -0.1) is 0 Å². The van der Waals surface area contributed by atoms with E-state index in [0.717, 1.165) is 18.9 Å². The van der Waals surface area contributed by atoms with Gasteiger partial charge >= 0.3 is 6.18 Å². The van der Waals surface area contributed by atoms with Crippen molar-refractivity contribution in [1.29, 1.82) is 0 Å². The van der Waals surface area contributed by atoms with Crippen molar-refractivity contribution in [3.8, 4) is 0 Å². The van der Waals surface area contributed by atoms with Crippen molar-refractivity contribution in [2.75, 3.05) is 36.6 Å². The molecule has 1 aromatic heterocycles. The van der Waals surface area contributed by atoms with Gasteiger partial charge in [-0.05, 0) is 36.4 Å². The molecular formula is C18H28ClF3N4OSi. The largest absolute Gasteiger partial charge is 0.397 e. The Labute approximate surface area is 170 Å². The summed E-state index contributed by atoms with van der Waals surface area (Å²) in [5, 5.41) is 3.05. The zero-order valence-electron chi connectivity index (χ0n) is 16.6. The molecule has 1 aromatic rings. The van der Waals surface area contributed by atoms with E-state index in [9.17, 15) is 13.2 Å². The number of rotatable bonds is 8. The Morgan fingerprint density at radius 3 is 2.54 bits per heavy atom. The number of hydrogen-bond acceptors (Lipinski definition) is 5. The van der Waals surface area contributed by atoms with Gasteiger partial charge in [-0.1, -0.05) is 26.1 Å². The minimum absolute atomic E-state index is 0.0511. The number of halogens is 4. The number of nitrogens with zero attached hydrogens (tertiary/aromatic N) is 3. The lowest BCUT2D eigenvalue weighted by Crippen LogP contribution is -2.31. The monoisotopic (exact) mass is 436 g/mol. The van der Waals surface area contributed by atoms with Gasteiger partial charge in [0.15, 0.2) is 0 Å². The second-order valence-electron chi connectivity index (χ2n) is 8.92. The number of ether oxygens (including phenoxy) is 1. The van der Waals surface area contributed by atoms with Crippen LogP contribution in [0.2, 0.25) is 31.0 Å². The van der Waals surface area contributed by atoms with E-state index in [0.29, 0.717) is 19.1 Å². The number of fused-ring (bicyclic) bond motifs is 1. The van der Waals surface area contributed by atoms with Crippen molar-refractivity contribution in [2.24, 2.45) is 5.92 Å². The normalized spacial score (nSPS) is 20.2. The van der Waals surface area contributed by atoms with E-state index in [1.165, 1.54) is 11.3 Å². The Hall–Kier alpha value is -1.06. The molecule has 0 radical (unpaired) electrons. The third-order valence-corrected chi connectivity index (χ3v) is 7.24. The fraction of sp³-hybridized carbons (Fsp3) is 0.778. The first-order valence-corrected chi connectivity index (χ1v) is 13.8. The smallest absolute Gasteiger partial charge is 0.369 e. The van der Waals surface area contributed by atoms with Crippen LogP contribution in [0.25, 0.3) is 0 Å². The molecular weight excluding hydrogens is 409 g/mol. The highest BCUT2D eigenvalue weighted by atomic mass is 35.5. The summed E-state index contributed by atoms with van der Waals surface area (Å²) in [6.07, 6.45) is -1.03. The summed E-state index contributed by atoms with van der Waals surface area (Å²) < 4.78 is 46.9. The van der Waals surface area contributed by atoms with Crippen molar-refractivity contribution < 1.29 is 17.9 Å². The van der Waals surface area contributed by atoms with E-state index in [1.54, 1.807) is 0 Å². The van der Waals surface area contributed by atoms with Gasteiger partial charge in [0.1, 0.15) is 24.3 Å². The second-order valence-corrected chi connectivity index (χ2v) is 14.9. The van der Waals surface area contributed by atoms with Crippen LogP contribution in [0.15, 0.2) is 0 Å². The highest BCUT2D eigenvalue weighted by Gasteiger charge is 2.49. The molecule has 2 heterocycles. The van der Waals surface area contributed by atoms with Crippen LogP contribution in [-0.4, -0.2) is 50.6 Å². The lowest BCUT2D eigenvalue weighted by Gasteiger charge is -2.26. The molecule has 3 rings (SSSR count). The molecule has 28 heavy (non-hydrogen) atoms. The predicted octanol–water partition coefficient (Wildman–Crippen LogP) is 5.12. The molecule has 0 spiro atoms. The van der Waals surface area contributed by atoms with Gasteiger partial charge in [0.2, 0.25) is 5.28 Å². The van der Waals surface area contributed by atoms with Crippen molar-refractivity contribution in [2.45, 2.75) is 57.0 Å². The lowest BCUT2D eigenvalue weighted by atomic mass is 9.85. The molecule has 5 nitrogen and oxygen atoms in total. The number of anilines is 2. The van der Waals surface area contributed by atoms with Crippen molar-refractivity contribution in [1.82, 2.24) is 9.97 Å². The van der Waals surface area contributed by atoms with Crippen LogP contribution >= 0.6 is 11.6 Å². The molecule has 1 unspecified atom stereocenters. The Morgan fingerprint density at radius 1 is 1.25 bits per heavy atom. The minimum Gasteiger partial charge on any atom is -0.369 e. The van der Waals surface area contributed by atoms with Gasteiger partial charge in [0, 0.05) is 27.8 Å². The highest BCUT2D eigenvalue weighted by molar-refractivity contribution is 6.76. The maximum Gasteiger partial charge on any atom is 0.397 e. The molecule has 1 fully saturated rings.